The number of amides is 1. The van der Waals surface area contributed by atoms with Crippen molar-refractivity contribution in [1.82, 2.24) is 4.90 Å². The molecule has 0 bridgehead atoms. The molecular formula is C16H24N2O2. The zero-order chi connectivity index (χ0) is 14.7. The predicted molar refractivity (Wildman–Crippen MR) is 80.9 cm³/mol. The molecule has 0 aromatic heterocycles. The Bertz CT molecular complexity index is 485. The van der Waals surface area contributed by atoms with E-state index in [0.29, 0.717) is 35.6 Å². The minimum atomic E-state index is 0.0388. The fourth-order valence-corrected chi connectivity index (χ4v) is 2.92. The topological polar surface area (TPSA) is 55.6 Å². The number of ether oxygens (including phenoxy) is 1. The van der Waals surface area contributed by atoms with Crippen LogP contribution in [0.2, 0.25) is 0 Å². The van der Waals surface area contributed by atoms with Gasteiger partial charge in [-0.25, -0.2) is 0 Å². The van der Waals surface area contributed by atoms with E-state index in [1.54, 1.807) is 12.1 Å². The first kappa shape index (κ1) is 14.7. The van der Waals surface area contributed by atoms with Gasteiger partial charge in [-0.3, -0.25) is 4.79 Å². The van der Waals surface area contributed by atoms with Gasteiger partial charge in [-0.05, 0) is 37.8 Å². The van der Waals surface area contributed by atoms with Crippen LogP contribution < -0.4 is 10.5 Å². The largest absolute Gasteiger partial charge is 0.491 e. The van der Waals surface area contributed by atoms with Gasteiger partial charge in [-0.15, -0.1) is 0 Å². The highest BCUT2D eigenvalue weighted by Gasteiger charge is 2.32. The summed E-state index contributed by atoms with van der Waals surface area (Å²) in [5.41, 5.74) is 7.05. The second-order valence-corrected chi connectivity index (χ2v) is 5.61. The molecule has 0 spiro atoms. The van der Waals surface area contributed by atoms with Crippen molar-refractivity contribution in [3.8, 4) is 5.75 Å². The van der Waals surface area contributed by atoms with Crippen LogP contribution in [0.4, 0.5) is 5.69 Å². The summed E-state index contributed by atoms with van der Waals surface area (Å²) >= 11 is 0. The van der Waals surface area contributed by atoms with Crippen LogP contribution in [-0.4, -0.2) is 30.0 Å². The van der Waals surface area contributed by atoms with Crippen molar-refractivity contribution in [3.05, 3.63) is 23.8 Å². The summed E-state index contributed by atoms with van der Waals surface area (Å²) < 4.78 is 5.57. The molecule has 4 heteroatoms. The lowest BCUT2D eigenvalue weighted by molar-refractivity contribution is 0.0697. The van der Waals surface area contributed by atoms with Gasteiger partial charge in [0.15, 0.2) is 5.75 Å². The molecular weight excluding hydrogens is 252 g/mol. The van der Waals surface area contributed by atoms with Crippen molar-refractivity contribution < 1.29 is 9.53 Å². The molecule has 1 heterocycles. The highest BCUT2D eigenvalue weighted by Crippen LogP contribution is 2.31. The van der Waals surface area contributed by atoms with Crippen molar-refractivity contribution >= 4 is 11.6 Å². The van der Waals surface area contributed by atoms with Crippen LogP contribution in [0.15, 0.2) is 18.2 Å². The molecule has 0 aliphatic carbocycles. The van der Waals surface area contributed by atoms with Crippen molar-refractivity contribution in [2.24, 2.45) is 5.92 Å². The van der Waals surface area contributed by atoms with E-state index < -0.39 is 0 Å². The average Bonchev–Trinajstić information content (AvgIpc) is 2.90. The molecule has 1 amide bonds. The molecule has 1 aliphatic rings. The van der Waals surface area contributed by atoms with Crippen LogP contribution in [0.1, 0.15) is 44.0 Å². The quantitative estimate of drug-likeness (QED) is 0.860. The van der Waals surface area contributed by atoms with Crippen molar-refractivity contribution in [1.29, 1.82) is 0 Å². The van der Waals surface area contributed by atoms with Crippen LogP contribution in [0, 0.1) is 5.92 Å². The summed E-state index contributed by atoms with van der Waals surface area (Å²) in [7, 11) is 0. The minimum absolute atomic E-state index is 0.0388. The Labute approximate surface area is 120 Å². The van der Waals surface area contributed by atoms with Gasteiger partial charge in [0.1, 0.15) is 0 Å². The zero-order valence-electron chi connectivity index (χ0n) is 12.6. The number of nitrogen functional groups attached to an aromatic ring is 1. The molecule has 1 aromatic carbocycles. The summed E-state index contributed by atoms with van der Waals surface area (Å²) in [4.78, 5) is 14.8. The first-order valence-electron chi connectivity index (χ1n) is 7.38. The number of carbonyl (C=O) groups excluding carboxylic acids is 1. The third-order valence-electron chi connectivity index (χ3n) is 3.89. The molecule has 4 nitrogen and oxygen atoms in total. The van der Waals surface area contributed by atoms with Gasteiger partial charge in [0.25, 0.3) is 5.91 Å². The normalized spacial score (nSPS) is 18.6. The zero-order valence-corrected chi connectivity index (χ0v) is 12.6. The molecule has 0 radical (unpaired) electrons. The van der Waals surface area contributed by atoms with Crippen molar-refractivity contribution in [3.63, 3.8) is 0 Å². The molecule has 1 atom stereocenters. The van der Waals surface area contributed by atoms with Crippen LogP contribution in [0.5, 0.6) is 5.75 Å². The van der Waals surface area contributed by atoms with Crippen LogP contribution in [-0.2, 0) is 0 Å². The third-order valence-corrected chi connectivity index (χ3v) is 3.89. The number of anilines is 1. The van der Waals surface area contributed by atoms with Gasteiger partial charge in [0.05, 0.1) is 17.9 Å². The monoisotopic (exact) mass is 276 g/mol. The molecule has 20 heavy (non-hydrogen) atoms. The average molecular weight is 276 g/mol. The van der Waals surface area contributed by atoms with Gasteiger partial charge < -0.3 is 15.4 Å². The maximum Gasteiger partial charge on any atom is 0.257 e. The lowest BCUT2D eigenvalue weighted by Crippen LogP contribution is -2.38. The van der Waals surface area contributed by atoms with E-state index in [9.17, 15) is 4.79 Å². The second kappa shape index (κ2) is 6.16. The maximum absolute atomic E-state index is 12.8. The summed E-state index contributed by atoms with van der Waals surface area (Å²) in [6, 6.07) is 5.70. The van der Waals surface area contributed by atoms with E-state index in [-0.39, 0.29) is 5.91 Å². The first-order chi connectivity index (χ1) is 9.56. The number of rotatable bonds is 4. The fraction of sp³-hybridized carbons (Fsp3) is 0.562. The Morgan fingerprint density at radius 2 is 2.25 bits per heavy atom. The molecule has 2 rings (SSSR count). The number of hydrogen-bond acceptors (Lipinski definition) is 3. The number of nitrogens with two attached hydrogens (primary N) is 1. The summed E-state index contributed by atoms with van der Waals surface area (Å²) in [6.07, 6.45) is 2.15. The summed E-state index contributed by atoms with van der Waals surface area (Å²) in [5.74, 6) is 1.03. The standard InChI is InChI=1S/C16H24N2O2/c1-4-20-15-12(7-5-8-13(15)17)16(19)18-10-6-9-14(18)11(2)3/h5,7-8,11,14H,4,6,9-10,17H2,1-3H3. The molecule has 110 valence electrons. The fourth-order valence-electron chi connectivity index (χ4n) is 2.92. The molecule has 1 aromatic rings. The van der Waals surface area contributed by atoms with Crippen LogP contribution in [0.25, 0.3) is 0 Å². The molecule has 1 unspecified atom stereocenters. The van der Waals surface area contributed by atoms with Crippen molar-refractivity contribution in [2.45, 2.75) is 39.7 Å². The highest BCUT2D eigenvalue weighted by molar-refractivity contribution is 5.99. The minimum Gasteiger partial charge on any atom is -0.491 e. The van der Waals surface area contributed by atoms with Crippen molar-refractivity contribution in [2.75, 3.05) is 18.9 Å². The Balaban J connectivity index is 2.31. The van der Waals surface area contributed by atoms with Crippen LogP contribution >= 0.6 is 0 Å². The number of carbonyl (C=O) groups is 1. The lowest BCUT2D eigenvalue weighted by Gasteiger charge is -2.28. The number of likely N-dealkylation sites (tertiary alicyclic amines) is 1. The Hall–Kier alpha value is -1.71. The third kappa shape index (κ3) is 2.74. The van der Waals surface area contributed by atoms with E-state index in [1.807, 2.05) is 17.9 Å². The molecule has 2 N–H and O–H groups in total. The number of para-hydroxylation sites is 1. The maximum atomic E-state index is 12.8. The summed E-state index contributed by atoms with van der Waals surface area (Å²) in [5, 5.41) is 0. The number of benzene rings is 1. The van der Waals surface area contributed by atoms with E-state index in [4.69, 9.17) is 10.5 Å². The van der Waals surface area contributed by atoms with E-state index in [2.05, 4.69) is 13.8 Å². The Morgan fingerprint density at radius 3 is 2.90 bits per heavy atom. The first-order valence-corrected chi connectivity index (χ1v) is 7.38. The highest BCUT2D eigenvalue weighted by atomic mass is 16.5. The van der Waals surface area contributed by atoms with E-state index in [1.165, 1.54) is 0 Å². The van der Waals surface area contributed by atoms with Gasteiger partial charge in [0.2, 0.25) is 0 Å². The van der Waals surface area contributed by atoms with Gasteiger partial charge in [-0.1, -0.05) is 19.9 Å². The summed E-state index contributed by atoms with van der Waals surface area (Å²) in [6.45, 7) is 7.55. The van der Waals surface area contributed by atoms with Gasteiger partial charge in [-0.2, -0.15) is 0 Å². The lowest BCUT2D eigenvalue weighted by atomic mass is 10.0. The SMILES string of the molecule is CCOc1c(N)cccc1C(=O)N1CCCC1C(C)C. The number of nitrogens with zero attached hydrogens (tertiary/aromatic N) is 1. The van der Waals surface area contributed by atoms with E-state index >= 15 is 0 Å². The molecule has 1 aliphatic heterocycles. The van der Waals surface area contributed by atoms with Gasteiger partial charge in [0, 0.05) is 12.6 Å². The predicted octanol–water partition coefficient (Wildman–Crippen LogP) is 2.93. The van der Waals surface area contributed by atoms with E-state index in [0.717, 1.165) is 19.4 Å². The smallest absolute Gasteiger partial charge is 0.257 e. The molecule has 1 fully saturated rings. The molecule has 1 saturated heterocycles. The Morgan fingerprint density at radius 1 is 1.50 bits per heavy atom. The van der Waals surface area contributed by atoms with Gasteiger partial charge >= 0.3 is 0 Å². The molecule has 0 saturated carbocycles. The number of hydrogen-bond donors (Lipinski definition) is 1. The second-order valence-electron chi connectivity index (χ2n) is 5.61. The Kier molecular flexibility index (Phi) is 4.53. The van der Waals surface area contributed by atoms with Crippen LogP contribution in [0.3, 0.4) is 0 Å².